The number of nitrogens with zero attached hydrogens (tertiary/aromatic N) is 3. The van der Waals surface area contributed by atoms with Crippen LogP contribution in [0.1, 0.15) is 16.2 Å². The zero-order chi connectivity index (χ0) is 19.9. The molecule has 28 heavy (non-hydrogen) atoms. The molecule has 0 radical (unpaired) electrons. The lowest BCUT2D eigenvalue weighted by molar-refractivity contribution is -0.219. The first-order valence-electron chi connectivity index (χ1n) is 8.73. The van der Waals surface area contributed by atoms with Gasteiger partial charge in [0.2, 0.25) is 0 Å². The van der Waals surface area contributed by atoms with Crippen LogP contribution in [0.25, 0.3) is 0 Å². The van der Waals surface area contributed by atoms with E-state index in [4.69, 9.17) is 9.47 Å². The number of ether oxygens (including phenoxy) is 2. The largest absolute Gasteiger partial charge is 0.487 e. The molecular formula is C18H17F4N3O3. The summed E-state index contributed by atoms with van der Waals surface area (Å²) in [6.45, 7) is 0.00929. The molecule has 1 fully saturated rings. The third-order valence-corrected chi connectivity index (χ3v) is 4.83. The lowest BCUT2D eigenvalue weighted by Gasteiger charge is -2.42. The second-order valence-corrected chi connectivity index (χ2v) is 6.77. The molecular weight excluding hydrogens is 382 g/mol. The lowest BCUT2D eigenvalue weighted by atomic mass is 9.95. The van der Waals surface area contributed by atoms with Crippen molar-refractivity contribution in [2.75, 3.05) is 19.8 Å². The molecule has 150 valence electrons. The van der Waals surface area contributed by atoms with Crippen LogP contribution in [-0.2, 0) is 17.9 Å². The van der Waals surface area contributed by atoms with Gasteiger partial charge < -0.3 is 14.4 Å². The molecule has 0 unspecified atom stereocenters. The van der Waals surface area contributed by atoms with E-state index < -0.39 is 29.9 Å². The number of rotatable bonds is 5. The summed E-state index contributed by atoms with van der Waals surface area (Å²) in [5.74, 6) is -1.63. The van der Waals surface area contributed by atoms with Gasteiger partial charge in [-0.25, -0.2) is 4.39 Å². The van der Waals surface area contributed by atoms with Gasteiger partial charge in [0.1, 0.15) is 35.6 Å². The summed E-state index contributed by atoms with van der Waals surface area (Å²) in [4.78, 5) is 13.6. The molecule has 1 atom stereocenters. The Bertz CT molecular complexity index is 879. The van der Waals surface area contributed by atoms with Crippen LogP contribution < -0.4 is 4.74 Å². The van der Waals surface area contributed by atoms with Crippen molar-refractivity contribution in [1.82, 2.24) is 14.7 Å². The Kier molecular flexibility index (Phi) is 4.74. The molecule has 0 aliphatic carbocycles. The summed E-state index contributed by atoms with van der Waals surface area (Å²) < 4.78 is 65.6. The van der Waals surface area contributed by atoms with Crippen LogP contribution in [-0.4, -0.2) is 52.6 Å². The van der Waals surface area contributed by atoms with E-state index in [0.29, 0.717) is 11.4 Å². The van der Waals surface area contributed by atoms with Crippen molar-refractivity contribution < 1.29 is 31.8 Å². The highest BCUT2D eigenvalue weighted by molar-refractivity contribution is 5.93. The highest BCUT2D eigenvalue weighted by Crippen LogP contribution is 2.35. The predicted octanol–water partition coefficient (Wildman–Crippen LogP) is 2.63. The number of halogens is 4. The van der Waals surface area contributed by atoms with E-state index in [1.807, 2.05) is 0 Å². The Labute approximate surface area is 157 Å². The number of aromatic nitrogens is 2. The predicted molar refractivity (Wildman–Crippen MR) is 88.1 cm³/mol. The number of carbonyl (C=O) groups is 1. The Morgan fingerprint density at radius 1 is 1.25 bits per heavy atom. The first-order valence-corrected chi connectivity index (χ1v) is 8.73. The Morgan fingerprint density at radius 2 is 2.04 bits per heavy atom. The molecule has 6 nitrogen and oxygen atoms in total. The molecule has 2 aliphatic rings. The minimum Gasteiger partial charge on any atom is -0.487 e. The zero-order valence-corrected chi connectivity index (χ0v) is 14.7. The highest BCUT2D eigenvalue weighted by atomic mass is 19.4. The van der Waals surface area contributed by atoms with E-state index in [0.717, 1.165) is 4.90 Å². The maximum Gasteiger partial charge on any atom is 0.409 e. The normalized spacial score (nSPS) is 18.6. The number of alkyl halides is 3. The molecule has 0 saturated carbocycles. The second kappa shape index (κ2) is 7.08. The number of fused-ring (bicyclic) bond motifs is 1. The van der Waals surface area contributed by atoms with Crippen molar-refractivity contribution in [2.24, 2.45) is 5.92 Å². The standard InChI is InChI=1S/C18H17F4N3O3/c19-12-2-1-3-14(6-12)28-10-13-7-15-17(26)24(4-5-25(15)23-13)16(18(20,21)22)11-8-27-9-11/h1-3,6-7,11,16H,4-5,8-10H2/t16-/m1/s1. The van der Waals surface area contributed by atoms with Gasteiger partial charge in [-0.2, -0.15) is 18.3 Å². The van der Waals surface area contributed by atoms with Crippen LogP contribution in [0, 0.1) is 11.7 Å². The molecule has 1 amide bonds. The fourth-order valence-electron chi connectivity index (χ4n) is 3.45. The van der Waals surface area contributed by atoms with Crippen molar-refractivity contribution >= 4 is 5.91 Å². The molecule has 2 aliphatic heterocycles. The van der Waals surface area contributed by atoms with Crippen molar-refractivity contribution in [3.63, 3.8) is 0 Å². The van der Waals surface area contributed by atoms with E-state index in [2.05, 4.69) is 5.10 Å². The molecule has 0 spiro atoms. The van der Waals surface area contributed by atoms with E-state index in [1.165, 1.54) is 28.9 Å². The number of hydrogen-bond acceptors (Lipinski definition) is 4. The Balaban J connectivity index is 1.50. The molecule has 1 aromatic carbocycles. The topological polar surface area (TPSA) is 56.6 Å². The number of hydrogen-bond donors (Lipinski definition) is 0. The van der Waals surface area contributed by atoms with Gasteiger partial charge in [0.15, 0.2) is 0 Å². The molecule has 0 N–H and O–H groups in total. The zero-order valence-electron chi connectivity index (χ0n) is 14.7. The molecule has 3 heterocycles. The number of benzene rings is 1. The molecule has 0 bridgehead atoms. The van der Waals surface area contributed by atoms with Gasteiger partial charge >= 0.3 is 6.18 Å². The number of carbonyl (C=O) groups excluding carboxylic acids is 1. The SMILES string of the molecule is O=C1c2cc(COc3cccc(F)c3)nn2CCN1[C@H](C1COC1)C(F)(F)F. The third-order valence-electron chi connectivity index (χ3n) is 4.83. The van der Waals surface area contributed by atoms with E-state index in [-0.39, 0.29) is 38.6 Å². The summed E-state index contributed by atoms with van der Waals surface area (Å²) in [6.07, 6.45) is -4.53. The lowest BCUT2D eigenvalue weighted by Crippen LogP contribution is -2.59. The molecule has 2 aromatic rings. The van der Waals surface area contributed by atoms with Crippen molar-refractivity contribution in [3.05, 3.63) is 47.5 Å². The Morgan fingerprint density at radius 3 is 2.68 bits per heavy atom. The second-order valence-electron chi connectivity index (χ2n) is 6.77. The smallest absolute Gasteiger partial charge is 0.409 e. The van der Waals surface area contributed by atoms with Crippen LogP contribution in [0.4, 0.5) is 17.6 Å². The van der Waals surface area contributed by atoms with Crippen molar-refractivity contribution in [1.29, 1.82) is 0 Å². The molecule has 10 heteroatoms. The van der Waals surface area contributed by atoms with Crippen LogP contribution in [0.5, 0.6) is 5.75 Å². The first kappa shape index (κ1) is 18.7. The first-order chi connectivity index (χ1) is 13.3. The van der Waals surface area contributed by atoms with Gasteiger partial charge in [-0.05, 0) is 18.2 Å². The van der Waals surface area contributed by atoms with E-state index in [9.17, 15) is 22.4 Å². The minimum atomic E-state index is -4.53. The van der Waals surface area contributed by atoms with E-state index in [1.54, 1.807) is 6.07 Å². The average molecular weight is 399 g/mol. The maximum atomic E-state index is 13.5. The van der Waals surface area contributed by atoms with Gasteiger partial charge in [-0.1, -0.05) is 6.07 Å². The van der Waals surface area contributed by atoms with Gasteiger partial charge in [-0.3, -0.25) is 9.48 Å². The minimum absolute atomic E-state index is 0.0139. The van der Waals surface area contributed by atoms with Crippen molar-refractivity contribution in [2.45, 2.75) is 25.4 Å². The average Bonchev–Trinajstić information content (AvgIpc) is 3.00. The van der Waals surface area contributed by atoms with Gasteiger partial charge in [0.25, 0.3) is 5.91 Å². The highest BCUT2D eigenvalue weighted by Gasteiger charge is 2.53. The van der Waals surface area contributed by atoms with Crippen LogP contribution in [0.15, 0.2) is 30.3 Å². The van der Waals surface area contributed by atoms with Crippen LogP contribution in [0.2, 0.25) is 0 Å². The fourth-order valence-corrected chi connectivity index (χ4v) is 3.45. The number of amides is 1. The summed E-state index contributed by atoms with van der Waals surface area (Å²) >= 11 is 0. The van der Waals surface area contributed by atoms with Crippen molar-refractivity contribution in [3.8, 4) is 5.75 Å². The molecule has 4 rings (SSSR count). The van der Waals surface area contributed by atoms with Crippen LogP contribution in [0.3, 0.4) is 0 Å². The monoisotopic (exact) mass is 399 g/mol. The van der Waals surface area contributed by atoms with Gasteiger partial charge in [0.05, 0.1) is 19.8 Å². The maximum absolute atomic E-state index is 13.5. The summed E-state index contributed by atoms with van der Waals surface area (Å²) in [6, 6.07) is 5.09. The summed E-state index contributed by atoms with van der Waals surface area (Å²) in [5.41, 5.74) is 0.462. The summed E-state index contributed by atoms with van der Waals surface area (Å²) in [7, 11) is 0. The van der Waals surface area contributed by atoms with Gasteiger partial charge in [-0.15, -0.1) is 0 Å². The Hall–Kier alpha value is -2.62. The molecule has 1 aromatic heterocycles. The molecule has 1 saturated heterocycles. The van der Waals surface area contributed by atoms with Crippen LogP contribution >= 0.6 is 0 Å². The summed E-state index contributed by atoms with van der Waals surface area (Å²) in [5, 5.41) is 4.22. The quantitative estimate of drug-likeness (QED) is 0.726. The third kappa shape index (κ3) is 3.56. The fraction of sp³-hybridized carbons (Fsp3) is 0.444. The van der Waals surface area contributed by atoms with E-state index >= 15 is 0 Å². The van der Waals surface area contributed by atoms with Gasteiger partial charge in [0, 0.05) is 18.5 Å².